The summed E-state index contributed by atoms with van der Waals surface area (Å²) in [6.45, 7) is 2.03. The maximum atomic E-state index is 11.9. The number of ether oxygens (including phenoxy) is 1. The summed E-state index contributed by atoms with van der Waals surface area (Å²) in [5.74, 6) is -0.517. The minimum Gasteiger partial charge on any atom is -1.00 e. The lowest BCUT2D eigenvalue weighted by Crippen LogP contribution is -3.00. The van der Waals surface area contributed by atoms with Crippen LogP contribution in [0.3, 0.4) is 0 Å². The van der Waals surface area contributed by atoms with E-state index in [4.69, 9.17) is 4.74 Å². The third-order valence-corrected chi connectivity index (χ3v) is 2.99. The van der Waals surface area contributed by atoms with E-state index in [0.29, 0.717) is 0 Å². The fourth-order valence-corrected chi connectivity index (χ4v) is 2.02. The Kier molecular flexibility index (Phi) is 5.43. The molecule has 2 aromatic carbocycles. The van der Waals surface area contributed by atoms with Crippen molar-refractivity contribution >= 4 is 5.97 Å². The van der Waals surface area contributed by atoms with Gasteiger partial charge in [-0.2, -0.15) is 0 Å². The average Bonchev–Trinajstić information content (AvgIpc) is 3.02. The van der Waals surface area contributed by atoms with E-state index in [9.17, 15) is 4.79 Å². The van der Waals surface area contributed by atoms with Gasteiger partial charge in [0.1, 0.15) is 5.69 Å². The highest BCUT2D eigenvalue weighted by atomic mass is 35.5. The van der Waals surface area contributed by atoms with Crippen LogP contribution >= 0.6 is 0 Å². The maximum Gasteiger partial charge on any atom is 0.416 e. The molecule has 0 saturated heterocycles. The molecule has 0 radical (unpaired) electrons. The smallest absolute Gasteiger partial charge is 0.416 e. The fraction of sp³-hybridized carbons (Fsp3) is 0.125. The molecule has 0 saturated carbocycles. The van der Waals surface area contributed by atoms with Crippen molar-refractivity contribution in [2.24, 2.45) is 0 Å². The third kappa shape index (κ3) is 3.54. The highest BCUT2D eigenvalue weighted by Crippen LogP contribution is 2.05. The molecule has 0 aliphatic carbocycles. The Labute approximate surface area is 139 Å². The standard InChI is InChI=1S/C16H15N4O2.ClH/c1-2-22-16(21)15-17-19(13-9-5-3-6-10-13)20(18-15)14-11-7-4-8-12-14;/h3-12H,2H2,1H3;1H/q+1;/p-1. The summed E-state index contributed by atoms with van der Waals surface area (Å²) < 4.78 is 4.98. The van der Waals surface area contributed by atoms with Crippen LogP contribution in [-0.2, 0) is 4.74 Å². The molecule has 0 N–H and O–H groups in total. The number of para-hydroxylation sites is 2. The number of carbonyl (C=O) groups excluding carboxylic acids is 1. The van der Waals surface area contributed by atoms with Gasteiger partial charge < -0.3 is 17.1 Å². The van der Waals surface area contributed by atoms with Gasteiger partial charge in [-0.15, -0.1) is 0 Å². The molecule has 7 heteroatoms. The van der Waals surface area contributed by atoms with Crippen molar-refractivity contribution in [1.82, 2.24) is 15.0 Å². The van der Waals surface area contributed by atoms with Crippen LogP contribution in [0.1, 0.15) is 17.5 Å². The van der Waals surface area contributed by atoms with E-state index in [1.54, 1.807) is 16.5 Å². The lowest BCUT2D eigenvalue weighted by molar-refractivity contribution is -0.735. The molecule has 0 fully saturated rings. The Bertz CT molecular complexity index is 718. The number of benzene rings is 2. The van der Waals surface area contributed by atoms with Crippen molar-refractivity contribution in [2.45, 2.75) is 6.92 Å². The summed E-state index contributed by atoms with van der Waals surface area (Å²) in [5.41, 5.74) is 1.60. The van der Waals surface area contributed by atoms with Crippen LogP contribution in [0.5, 0.6) is 0 Å². The molecule has 0 bridgehead atoms. The molecule has 1 heterocycles. The third-order valence-electron chi connectivity index (χ3n) is 2.99. The first-order valence-electron chi connectivity index (χ1n) is 6.97. The van der Waals surface area contributed by atoms with Gasteiger partial charge in [0.2, 0.25) is 0 Å². The molecular weight excluding hydrogens is 316 g/mol. The zero-order valence-electron chi connectivity index (χ0n) is 12.5. The number of halogens is 1. The van der Waals surface area contributed by atoms with E-state index in [0.717, 1.165) is 11.4 Å². The second-order valence-electron chi connectivity index (χ2n) is 4.49. The second-order valence-corrected chi connectivity index (χ2v) is 4.49. The van der Waals surface area contributed by atoms with Crippen LogP contribution in [0.25, 0.3) is 11.4 Å². The van der Waals surface area contributed by atoms with Crippen LogP contribution in [0.4, 0.5) is 0 Å². The lowest BCUT2D eigenvalue weighted by Gasteiger charge is -1.98. The predicted molar refractivity (Wildman–Crippen MR) is 78.8 cm³/mol. The van der Waals surface area contributed by atoms with Crippen molar-refractivity contribution < 1.29 is 26.7 Å². The van der Waals surface area contributed by atoms with Crippen LogP contribution in [0, 0.1) is 0 Å². The van der Waals surface area contributed by atoms with Gasteiger partial charge in [0.15, 0.2) is 5.69 Å². The first kappa shape index (κ1) is 16.6. The summed E-state index contributed by atoms with van der Waals surface area (Å²) in [7, 11) is 0. The number of rotatable bonds is 4. The number of carbonyl (C=O) groups is 1. The molecule has 3 rings (SSSR count). The molecule has 0 aliphatic heterocycles. The van der Waals surface area contributed by atoms with Crippen molar-refractivity contribution in [3.05, 3.63) is 66.5 Å². The number of hydrogen-bond acceptors (Lipinski definition) is 4. The van der Waals surface area contributed by atoms with Crippen molar-refractivity contribution in [3.63, 3.8) is 0 Å². The highest BCUT2D eigenvalue weighted by Gasteiger charge is 2.28. The molecule has 0 unspecified atom stereocenters. The minimum absolute atomic E-state index is 0. The number of aromatic nitrogens is 4. The van der Waals surface area contributed by atoms with Crippen LogP contribution in [0.15, 0.2) is 60.7 Å². The first-order valence-corrected chi connectivity index (χ1v) is 6.97. The van der Waals surface area contributed by atoms with Crippen molar-refractivity contribution in [3.8, 4) is 11.4 Å². The molecule has 3 aromatic rings. The average molecular weight is 331 g/mol. The Hall–Kier alpha value is -2.73. The van der Waals surface area contributed by atoms with E-state index in [-0.39, 0.29) is 24.8 Å². The maximum absolute atomic E-state index is 11.9. The Morgan fingerprint density at radius 1 is 1.09 bits per heavy atom. The zero-order chi connectivity index (χ0) is 15.4. The highest BCUT2D eigenvalue weighted by molar-refractivity contribution is 5.84. The van der Waals surface area contributed by atoms with E-state index in [2.05, 4.69) is 10.2 Å². The topological polar surface area (TPSA) is 60.9 Å². The Balaban J connectivity index is 0.00000192. The van der Waals surface area contributed by atoms with Gasteiger partial charge in [-0.25, -0.2) is 4.79 Å². The fourth-order valence-electron chi connectivity index (χ4n) is 2.02. The largest absolute Gasteiger partial charge is 1.00 e. The van der Waals surface area contributed by atoms with E-state index < -0.39 is 5.97 Å². The number of hydrogen-bond donors (Lipinski definition) is 0. The molecule has 0 atom stereocenters. The normalized spacial score (nSPS) is 9.96. The van der Waals surface area contributed by atoms with E-state index in [1.807, 2.05) is 60.7 Å². The molecule has 23 heavy (non-hydrogen) atoms. The van der Waals surface area contributed by atoms with E-state index >= 15 is 0 Å². The summed E-state index contributed by atoms with van der Waals surface area (Å²) in [4.78, 5) is 15.0. The molecule has 0 aliphatic rings. The number of esters is 1. The van der Waals surface area contributed by atoms with Gasteiger partial charge in [0.05, 0.1) is 11.7 Å². The van der Waals surface area contributed by atoms with Gasteiger partial charge in [-0.1, -0.05) is 36.4 Å². The Morgan fingerprint density at radius 3 is 2.30 bits per heavy atom. The molecule has 6 nitrogen and oxygen atoms in total. The molecular formula is C16H15ClN4O2. The monoisotopic (exact) mass is 330 g/mol. The van der Waals surface area contributed by atoms with Crippen molar-refractivity contribution in [2.75, 3.05) is 6.61 Å². The Morgan fingerprint density at radius 2 is 1.70 bits per heavy atom. The second kappa shape index (κ2) is 7.51. The van der Waals surface area contributed by atoms with Crippen molar-refractivity contribution in [1.29, 1.82) is 0 Å². The van der Waals surface area contributed by atoms with E-state index in [1.165, 1.54) is 0 Å². The predicted octanol–water partition coefficient (Wildman–Crippen LogP) is -1.28. The zero-order valence-corrected chi connectivity index (χ0v) is 13.2. The molecule has 0 amide bonds. The molecule has 0 spiro atoms. The van der Waals surface area contributed by atoms with Crippen LogP contribution < -0.4 is 17.2 Å². The van der Waals surface area contributed by atoms with Gasteiger partial charge in [0, 0.05) is 9.90 Å². The van der Waals surface area contributed by atoms with Crippen LogP contribution in [-0.4, -0.2) is 27.6 Å². The minimum atomic E-state index is -0.540. The first-order chi connectivity index (χ1) is 10.8. The molecule has 118 valence electrons. The summed E-state index contributed by atoms with van der Waals surface area (Å²) in [5, 5.41) is 8.54. The number of nitrogens with zero attached hydrogens (tertiary/aromatic N) is 4. The summed E-state index contributed by atoms with van der Waals surface area (Å²) in [6, 6.07) is 19.0. The van der Waals surface area contributed by atoms with Gasteiger partial charge >= 0.3 is 11.8 Å². The lowest BCUT2D eigenvalue weighted by atomic mass is 10.3. The van der Waals surface area contributed by atoms with Crippen LogP contribution in [0.2, 0.25) is 0 Å². The quantitative estimate of drug-likeness (QED) is 0.442. The molecule has 1 aromatic heterocycles. The SMILES string of the molecule is CCOC(=O)c1nn(-c2ccccc2)[n+](-c2ccccc2)n1.[Cl-]. The number of tetrazole rings is 1. The van der Waals surface area contributed by atoms with Gasteiger partial charge in [0.25, 0.3) is 0 Å². The summed E-state index contributed by atoms with van der Waals surface area (Å²) >= 11 is 0. The summed E-state index contributed by atoms with van der Waals surface area (Å²) in [6.07, 6.45) is 0. The van der Waals surface area contributed by atoms with Gasteiger partial charge in [-0.3, -0.25) is 0 Å². The van der Waals surface area contributed by atoms with Gasteiger partial charge in [-0.05, 0) is 36.0 Å².